The fourth-order valence-electron chi connectivity index (χ4n) is 3.31. The zero-order chi connectivity index (χ0) is 22.4. The second-order valence-corrected chi connectivity index (χ2v) is 8.38. The number of esters is 1. The Kier molecular flexibility index (Phi) is 8.34. The summed E-state index contributed by atoms with van der Waals surface area (Å²) in [6, 6.07) is 4.02. The van der Waals surface area contributed by atoms with Crippen LogP contribution in [0.4, 0.5) is 16.2 Å². The number of rotatable bonds is 6. The van der Waals surface area contributed by atoms with Crippen LogP contribution in [0.5, 0.6) is 0 Å². The average Bonchev–Trinajstić information content (AvgIpc) is 2.71. The number of benzene rings is 1. The number of carbonyl (C=O) groups excluding carboxylic acids is 3. The average molecular weight is 439 g/mol. The lowest BCUT2D eigenvalue weighted by atomic mass is 10.1. The lowest BCUT2D eigenvalue weighted by Gasteiger charge is -2.37. The van der Waals surface area contributed by atoms with Crippen molar-refractivity contribution < 1.29 is 19.1 Å². The monoisotopic (exact) mass is 438 g/mol. The number of ether oxygens (including phenoxy) is 1. The van der Waals surface area contributed by atoms with E-state index in [4.69, 9.17) is 16.3 Å². The van der Waals surface area contributed by atoms with Crippen molar-refractivity contribution in [1.29, 1.82) is 0 Å². The van der Waals surface area contributed by atoms with E-state index >= 15 is 0 Å². The van der Waals surface area contributed by atoms with Crippen molar-refractivity contribution in [2.45, 2.75) is 33.7 Å². The maximum atomic E-state index is 12.3. The normalized spacial score (nSPS) is 15.2. The van der Waals surface area contributed by atoms with Crippen molar-refractivity contribution in [3.63, 3.8) is 0 Å². The number of anilines is 2. The molecule has 2 rings (SSSR count). The summed E-state index contributed by atoms with van der Waals surface area (Å²) in [7, 11) is 1.29. The Morgan fingerprint density at radius 2 is 1.70 bits per heavy atom. The molecule has 1 aliphatic rings. The van der Waals surface area contributed by atoms with Crippen LogP contribution in [0.1, 0.15) is 27.7 Å². The molecule has 1 aliphatic heterocycles. The molecule has 0 aliphatic carbocycles. The highest BCUT2D eigenvalue weighted by molar-refractivity contribution is 6.33. The summed E-state index contributed by atoms with van der Waals surface area (Å²) >= 11 is 6.46. The van der Waals surface area contributed by atoms with E-state index in [-0.39, 0.29) is 17.7 Å². The van der Waals surface area contributed by atoms with Gasteiger partial charge in [-0.1, -0.05) is 39.3 Å². The molecule has 166 valence electrons. The summed E-state index contributed by atoms with van der Waals surface area (Å²) in [5, 5.41) is 5.82. The highest BCUT2D eigenvalue weighted by Crippen LogP contribution is 2.30. The number of halogens is 1. The van der Waals surface area contributed by atoms with Crippen LogP contribution in [0.2, 0.25) is 5.02 Å². The van der Waals surface area contributed by atoms with Gasteiger partial charge in [0.05, 0.1) is 17.8 Å². The van der Waals surface area contributed by atoms with Crippen molar-refractivity contribution in [3.05, 3.63) is 23.2 Å². The Labute approximate surface area is 182 Å². The lowest BCUT2D eigenvalue weighted by Crippen LogP contribution is -2.50. The van der Waals surface area contributed by atoms with Crippen molar-refractivity contribution >= 4 is 40.9 Å². The second kappa shape index (κ2) is 10.5. The van der Waals surface area contributed by atoms with Gasteiger partial charge in [0.2, 0.25) is 5.91 Å². The number of methoxy groups -OCH3 is 1. The van der Waals surface area contributed by atoms with Crippen LogP contribution in [0.15, 0.2) is 18.2 Å². The molecule has 0 spiro atoms. The van der Waals surface area contributed by atoms with Gasteiger partial charge in [0.15, 0.2) is 0 Å². The minimum atomic E-state index is -0.741. The molecule has 3 amide bonds. The molecule has 8 nitrogen and oxygen atoms in total. The van der Waals surface area contributed by atoms with Crippen LogP contribution in [0.25, 0.3) is 0 Å². The number of hydrogen-bond acceptors (Lipinski definition) is 5. The molecular weight excluding hydrogens is 408 g/mol. The summed E-state index contributed by atoms with van der Waals surface area (Å²) in [5.41, 5.74) is 1.37. The first-order valence-electron chi connectivity index (χ1n) is 10.1. The van der Waals surface area contributed by atoms with E-state index in [9.17, 15) is 14.4 Å². The molecular formula is C21H31ClN4O4. The number of urea groups is 1. The first kappa shape index (κ1) is 23.8. The number of piperazine rings is 1. The molecule has 9 heteroatoms. The van der Waals surface area contributed by atoms with E-state index in [1.807, 2.05) is 38.7 Å². The fraction of sp³-hybridized carbons (Fsp3) is 0.571. The van der Waals surface area contributed by atoms with Crippen molar-refractivity contribution in [2.24, 2.45) is 11.8 Å². The smallest absolute Gasteiger partial charge is 0.328 e. The molecule has 1 fully saturated rings. The van der Waals surface area contributed by atoms with Crippen molar-refractivity contribution in [1.82, 2.24) is 10.2 Å². The second-order valence-electron chi connectivity index (χ2n) is 7.98. The van der Waals surface area contributed by atoms with E-state index in [1.165, 1.54) is 7.11 Å². The molecule has 2 N–H and O–H groups in total. The van der Waals surface area contributed by atoms with Gasteiger partial charge < -0.3 is 25.2 Å². The maximum Gasteiger partial charge on any atom is 0.328 e. The highest BCUT2D eigenvalue weighted by atomic mass is 35.5. The molecule has 0 radical (unpaired) electrons. The Hall–Kier alpha value is -2.48. The summed E-state index contributed by atoms with van der Waals surface area (Å²) in [4.78, 5) is 40.2. The molecule has 1 heterocycles. The molecule has 30 heavy (non-hydrogen) atoms. The maximum absolute atomic E-state index is 12.3. The minimum Gasteiger partial charge on any atom is -0.467 e. The standard InChI is InChI=1S/C21H31ClN4O4/c1-13(2)18(20(28)30-5)24-21(29)23-15-6-7-17(16(22)12-15)25-8-10-26(11-9-25)19(27)14(3)4/h6-7,12-14,18H,8-11H2,1-5H3,(H2,23,24,29). The molecule has 1 atom stereocenters. The predicted octanol–water partition coefficient (Wildman–Crippen LogP) is 2.96. The van der Waals surface area contributed by atoms with E-state index in [0.717, 1.165) is 5.69 Å². The summed E-state index contributed by atoms with van der Waals surface area (Å²) in [6.07, 6.45) is 0. The SMILES string of the molecule is COC(=O)C(NC(=O)Nc1ccc(N2CCN(C(=O)C(C)C)CC2)c(Cl)c1)C(C)C. The van der Waals surface area contributed by atoms with Crippen LogP contribution < -0.4 is 15.5 Å². The Morgan fingerprint density at radius 1 is 1.07 bits per heavy atom. The topological polar surface area (TPSA) is 91.0 Å². The molecule has 0 saturated carbocycles. The van der Waals surface area contributed by atoms with E-state index in [2.05, 4.69) is 15.5 Å². The van der Waals surface area contributed by atoms with Crippen LogP contribution >= 0.6 is 11.6 Å². The Bertz CT molecular complexity index is 776. The highest BCUT2D eigenvalue weighted by Gasteiger charge is 2.26. The van der Waals surface area contributed by atoms with Gasteiger partial charge in [-0.3, -0.25) is 4.79 Å². The molecule has 1 saturated heterocycles. The number of nitrogens with zero attached hydrogens (tertiary/aromatic N) is 2. The van der Waals surface area contributed by atoms with Gasteiger partial charge in [-0.05, 0) is 24.1 Å². The quantitative estimate of drug-likeness (QED) is 0.666. The van der Waals surface area contributed by atoms with Gasteiger partial charge >= 0.3 is 12.0 Å². The van der Waals surface area contributed by atoms with Gasteiger partial charge in [-0.15, -0.1) is 0 Å². The number of nitrogens with one attached hydrogen (secondary N) is 2. The first-order chi connectivity index (χ1) is 14.1. The predicted molar refractivity (Wildman–Crippen MR) is 118 cm³/mol. The van der Waals surface area contributed by atoms with Crippen LogP contribution in [0.3, 0.4) is 0 Å². The van der Waals surface area contributed by atoms with E-state index in [0.29, 0.717) is 36.9 Å². The first-order valence-corrected chi connectivity index (χ1v) is 10.5. The van der Waals surface area contributed by atoms with Gasteiger partial charge in [-0.25, -0.2) is 9.59 Å². The Balaban J connectivity index is 1.98. The van der Waals surface area contributed by atoms with Crippen molar-refractivity contribution in [2.75, 3.05) is 43.5 Å². The number of hydrogen-bond donors (Lipinski definition) is 2. The van der Waals surface area contributed by atoms with E-state index < -0.39 is 18.0 Å². The third-order valence-corrected chi connectivity index (χ3v) is 5.34. The minimum absolute atomic E-state index is 0.00822. The zero-order valence-electron chi connectivity index (χ0n) is 18.2. The van der Waals surface area contributed by atoms with Crippen LogP contribution in [-0.4, -0.2) is 62.1 Å². The molecule has 1 aromatic rings. The summed E-state index contributed by atoms with van der Waals surface area (Å²) in [6.45, 7) is 10.1. The lowest BCUT2D eigenvalue weighted by molar-refractivity contribution is -0.144. The van der Waals surface area contributed by atoms with Gasteiger partial charge in [0.1, 0.15) is 6.04 Å². The molecule has 1 aromatic carbocycles. The number of carbonyl (C=O) groups is 3. The van der Waals surface area contributed by atoms with Gasteiger partial charge in [0.25, 0.3) is 0 Å². The van der Waals surface area contributed by atoms with E-state index in [1.54, 1.807) is 12.1 Å². The summed E-state index contributed by atoms with van der Waals surface area (Å²) < 4.78 is 4.73. The van der Waals surface area contributed by atoms with Crippen LogP contribution in [-0.2, 0) is 14.3 Å². The fourth-order valence-corrected chi connectivity index (χ4v) is 3.61. The largest absolute Gasteiger partial charge is 0.467 e. The molecule has 1 unspecified atom stereocenters. The molecule has 0 bridgehead atoms. The third kappa shape index (κ3) is 6.01. The van der Waals surface area contributed by atoms with Gasteiger partial charge in [-0.2, -0.15) is 0 Å². The third-order valence-electron chi connectivity index (χ3n) is 5.04. The van der Waals surface area contributed by atoms with Crippen molar-refractivity contribution in [3.8, 4) is 0 Å². The van der Waals surface area contributed by atoms with Gasteiger partial charge in [0, 0.05) is 37.8 Å². The molecule has 0 aromatic heterocycles. The summed E-state index contributed by atoms with van der Waals surface area (Å²) in [5.74, 6) is -0.455. The van der Waals surface area contributed by atoms with Crippen LogP contribution in [0, 0.1) is 11.8 Å². The number of amides is 3. The Morgan fingerprint density at radius 3 is 2.20 bits per heavy atom. The zero-order valence-corrected chi connectivity index (χ0v) is 19.0.